The van der Waals surface area contributed by atoms with Crippen LogP contribution < -0.4 is 5.32 Å². The van der Waals surface area contributed by atoms with Crippen molar-refractivity contribution in [2.45, 2.75) is 19.8 Å². The van der Waals surface area contributed by atoms with E-state index < -0.39 is 5.97 Å². The molecule has 144 valence electrons. The summed E-state index contributed by atoms with van der Waals surface area (Å²) in [6, 6.07) is 16.7. The van der Waals surface area contributed by atoms with E-state index in [1.54, 1.807) is 36.7 Å². The number of anilines is 2. The third-order valence-electron chi connectivity index (χ3n) is 4.80. The molecule has 0 radical (unpaired) electrons. The van der Waals surface area contributed by atoms with Crippen LogP contribution in [0.4, 0.5) is 11.5 Å². The average molecular weight is 384 g/mol. The Kier molecular flexibility index (Phi) is 4.91. The van der Waals surface area contributed by atoms with Crippen LogP contribution in [-0.4, -0.2) is 26.3 Å². The molecule has 0 aliphatic carbocycles. The minimum absolute atomic E-state index is 0.232. The van der Waals surface area contributed by atoms with Gasteiger partial charge < -0.3 is 10.4 Å². The first-order chi connectivity index (χ1) is 14.0. The molecule has 0 amide bonds. The normalized spacial score (nSPS) is 11.0. The quantitative estimate of drug-likeness (QED) is 0.488. The Morgan fingerprint density at radius 1 is 1.00 bits per heavy atom. The highest BCUT2D eigenvalue weighted by molar-refractivity contribution is 6.00. The number of nitrogens with zero attached hydrogens (tertiary/aromatic N) is 3. The van der Waals surface area contributed by atoms with Crippen molar-refractivity contribution in [2.75, 3.05) is 5.32 Å². The molecule has 6 nitrogen and oxygen atoms in total. The average Bonchev–Trinajstić information content (AvgIpc) is 2.74. The van der Waals surface area contributed by atoms with Crippen molar-refractivity contribution < 1.29 is 9.90 Å². The van der Waals surface area contributed by atoms with Gasteiger partial charge in [-0.05, 0) is 41.8 Å². The first-order valence-electron chi connectivity index (χ1n) is 9.34. The number of hydrogen-bond acceptors (Lipinski definition) is 5. The van der Waals surface area contributed by atoms with E-state index in [1.165, 1.54) is 5.56 Å². The number of carboxylic acid groups (broad SMARTS) is 1. The molecule has 0 spiro atoms. The van der Waals surface area contributed by atoms with Gasteiger partial charge >= 0.3 is 5.97 Å². The minimum Gasteiger partial charge on any atom is -0.478 e. The van der Waals surface area contributed by atoms with Gasteiger partial charge in [-0.2, -0.15) is 0 Å². The molecule has 2 heterocycles. The van der Waals surface area contributed by atoms with Crippen molar-refractivity contribution in [3.05, 3.63) is 78.1 Å². The Hall–Kier alpha value is -3.80. The third-order valence-corrected chi connectivity index (χ3v) is 4.80. The Bertz CT molecular complexity index is 1190. The topological polar surface area (TPSA) is 88.0 Å². The molecule has 29 heavy (non-hydrogen) atoms. The van der Waals surface area contributed by atoms with E-state index in [1.807, 2.05) is 18.2 Å². The zero-order chi connectivity index (χ0) is 20.4. The molecule has 0 fully saturated rings. The van der Waals surface area contributed by atoms with Crippen LogP contribution in [0.2, 0.25) is 0 Å². The lowest BCUT2D eigenvalue weighted by Crippen LogP contribution is -2.01. The van der Waals surface area contributed by atoms with Crippen molar-refractivity contribution in [3.63, 3.8) is 0 Å². The number of aromatic nitrogens is 3. The van der Waals surface area contributed by atoms with Crippen LogP contribution in [0.3, 0.4) is 0 Å². The van der Waals surface area contributed by atoms with Gasteiger partial charge in [0.25, 0.3) is 0 Å². The molecule has 0 saturated carbocycles. The van der Waals surface area contributed by atoms with Crippen molar-refractivity contribution >= 4 is 28.2 Å². The molecular formula is C23H20N4O2. The summed E-state index contributed by atoms with van der Waals surface area (Å²) < 4.78 is 0. The zero-order valence-electron chi connectivity index (χ0n) is 16.1. The summed E-state index contributed by atoms with van der Waals surface area (Å²) in [6.45, 7) is 4.31. The Labute approximate surface area is 168 Å². The molecule has 4 rings (SSSR count). The van der Waals surface area contributed by atoms with Gasteiger partial charge in [0.2, 0.25) is 0 Å². The minimum atomic E-state index is -0.958. The fourth-order valence-corrected chi connectivity index (χ4v) is 3.19. The van der Waals surface area contributed by atoms with E-state index in [0.717, 1.165) is 22.0 Å². The van der Waals surface area contributed by atoms with Gasteiger partial charge in [-0.3, -0.25) is 4.98 Å². The summed E-state index contributed by atoms with van der Waals surface area (Å²) in [7, 11) is 0. The second-order valence-electron chi connectivity index (χ2n) is 7.11. The number of carbonyl (C=O) groups is 1. The largest absolute Gasteiger partial charge is 0.478 e. The zero-order valence-corrected chi connectivity index (χ0v) is 16.1. The molecule has 0 bridgehead atoms. The smallest absolute Gasteiger partial charge is 0.335 e. The number of hydrogen-bond donors (Lipinski definition) is 2. The van der Waals surface area contributed by atoms with Gasteiger partial charge in [0.1, 0.15) is 5.69 Å². The summed E-state index contributed by atoms with van der Waals surface area (Å²) in [4.78, 5) is 15.3. The molecule has 0 unspecified atom stereocenters. The highest BCUT2D eigenvalue weighted by Crippen LogP contribution is 2.31. The molecule has 2 aromatic carbocycles. The molecule has 2 aromatic heterocycles. The van der Waals surface area contributed by atoms with Crippen molar-refractivity contribution in [3.8, 4) is 11.3 Å². The summed E-state index contributed by atoms with van der Waals surface area (Å²) in [5.74, 6) is 0.0946. The summed E-state index contributed by atoms with van der Waals surface area (Å²) in [5.41, 5.74) is 3.89. The van der Waals surface area contributed by atoms with E-state index in [-0.39, 0.29) is 5.56 Å². The second-order valence-corrected chi connectivity index (χ2v) is 7.11. The lowest BCUT2D eigenvalue weighted by molar-refractivity contribution is 0.0697. The van der Waals surface area contributed by atoms with Crippen LogP contribution in [-0.2, 0) is 0 Å². The first kappa shape index (κ1) is 18.6. The maximum Gasteiger partial charge on any atom is 0.335 e. The number of pyridine rings is 1. The predicted molar refractivity (Wildman–Crippen MR) is 114 cm³/mol. The van der Waals surface area contributed by atoms with Gasteiger partial charge in [-0.1, -0.05) is 38.1 Å². The molecule has 0 atom stereocenters. The Morgan fingerprint density at radius 2 is 1.79 bits per heavy atom. The van der Waals surface area contributed by atoms with E-state index >= 15 is 0 Å². The number of fused-ring (bicyclic) bond motifs is 1. The van der Waals surface area contributed by atoms with Crippen molar-refractivity contribution in [1.29, 1.82) is 0 Å². The maximum absolute atomic E-state index is 11.1. The number of aromatic carboxylic acids is 1. The molecule has 0 aliphatic rings. The number of nitrogens with one attached hydrogen (secondary N) is 1. The number of carboxylic acids is 1. The summed E-state index contributed by atoms with van der Waals surface area (Å²) in [5, 5.41) is 23.0. The lowest BCUT2D eigenvalue weighted by Gasteiger charge is -2.12. The fourth-order valence-electron chi connectivity index (χ4n) is 3.19. The van der Waals surface area contributed by atoms with Crippen molar-refractivity contribution in [2.24, 2.45) is 0 Å². The monoisotopic (exact) mass is 384 g/mol. The van der Waals surface area contributed by atoms with Crippen molar-refractivity contribution in [1.82, 2.24) is 15.2 Å². The number of benzene rings is 2. The lowest BCUT2D eigenvalue weighted by atomic mass is 10.0. The van der Waals surface area contributed by atoms with Crippen LogP contribution in [0.1, 0.15) is 35.7 Å². The van der Waals surface area contributed by atoms with E-state index in [0.29, 0.717) is 17.4 Å². The SMILES string of the molecule is CC(C)c1cccc(Nc2nnc(-c3ccc(C(=O)O)cc3)c3ccncc23)c1. The second kappa shape index (κ2) is 7.67. The Morgan fingerprint density at radius 3 is 2.52 bits per heavy atom. The summed E-state index contributed by atoms with van der Waals surface area (Å²) in [6.07, 6.45) is 3.47. The van der Waals surface area contributed by atoms with E-state index in [2.05, 4.69) is 46.5 Å². The summed E-state index contributed by atoms with van der Waals surface area (Å²) >= 11 is 0. The highest BCUT2D eigenvalue weighted by atomic mass is 16.4. The van der Waals surface area contributed by atoms with Gasteiger partial charge in [-0.25, -0.2) is 4.79 Å². The van der Waals surface area contributed by atoms with E-state index in [4.69, 9.17) is 5.11 Å². The van der Waals surface area contributed by atoms with Crippen LogP contribution >= 0.6 is 0 Å². The molecule has 6 heteroatoms. The third kappa shape index (κ3) is 3.78. The van der Waals surface area contributed by atoms with E-state index in [9.17, 15) is 4.79 Å². The van der Waals surface area contributed by atoms with Crippen LogP contribution in [0, 0.1) is 0 Å². The first-order valence-corrected chi connectivity index (χ1v) is 9.34. The van der Waals surface area contributed by atoms with Gasteiger partial charge in [-0.15, -0.1) is 10.2 Å². The maximum atomic E-state index is 11.1. The van der Waals surface area contributed by atoms with Gasteiger partial charge in [0.05, 0.1) is 5.56 Å². The Balaban J connectivity index is 1.76. The highest BCUT2D eigenvalue weighted by Gasteiger charge is 2.13. The predicted octanol–water partition coefficient (Wildman–Crippen LogP) is 5.26. The molecular weight excluding hydrogens is 364 g/mol. The fraction of sp³-hybridized carbons (Fsp3) is 0.130. The molecule has 0 saturated heterocycles. The van der Waals surface area contributed by atoms with Crippen LogP contribution in [0.25, 0.3) is 22.0 Å². The molecule has 4 aromatic rings. The molecule has 0 aliphatic heterocycles. The van der Waals surface area contributed by atoms with Crippen LogP contribution in [0.15, 0.2) is 67.0 Å². The number of rotatable bonds is 5. The standard InChI is InChI=1S/C23H20N4O2/c1-14(2)17-4-3-5-18(12-17)25-22-20-13-24-11-10-19(20)21(26-27-22)15-6-8-16(9-7-15)23(28)29/h3-14H,1-2H3,(H,25,27)(H,28,29). The van der Waals surface area contributed by atoms with Crippen LogP contribution in [0.5, 0.6) is 0 Å². The van der Waals surface area contributed by atoms with Gasteiger partial charge in [0.15, 0.2) is 5.82 Å². The molecule has 2 N–H and O–H groups in total. The van der Waals surface area contributed by atoms with Gasteiger partial charge in [0, 0.05) is 34.4 Å².